The van der Waals surface area contributed by atoms with Gasteiger partial charge in [0, 0.05) is 45.3 Å². The number of hydrogen-bond donors (Lipinski definition) is 3. The summed E-state index contributed by atoms with van der Waals surface area (Å²) >= 11 is 0. The highest BCUT2D eigenvalue weighted by Crippen LogP contribution is 2.28. The molecule has 1 aliphatic rings. The fourth-order valence-corrected chi connectivity index (χ4v) is 2.27. The Labute approximate surface area is 167 Å². The van der Waals surface area contributed by atoms with Crippen LogP contribution in [0.15, 0.2) is 29.3 Å². The highest BCUT2D eigenvalue weighted by atomic mass is 127. The third kappa shape index (κ3) is 7.94. The lowest BCUT2D eigenvalue weighted by atomic mass is 10.2. The highest BCUT2D eigenvalue weighted by molar-refractivity contribution is 14.0. The first-order valence-corrected chi connectivity index (χ1v) is 8.66. The maximum Gasteiger partial charge on any atom is 0.223 e. The van der Waals surface area contributed by atoms with Gasteiger partial charge in [0.25, 0.3) is 0 Å². The molecule has 1 amide bonds. The molecule has 1 fully saturated rings. The lowest BCUT2D eigenvalue weighted by Gasteiger charge is -2.13. The third-order valence-corrected chi connectivity index (χ3v) is 3.88. The number of amides is 1. The Morgan fingerprint density at radius 1 is 1.12 bits per heavy atom. The first-order chi connectivity index (χ1) is 11.6. The molecule has 1 aromatic rings. The van der Waals surface area contributed by atoms with Crippen LogP contribution >= 0.6 is 24.0 Å². The molecule has 0 atom stereocenters. The quantitative estimate of drug-likeness (QED) is 0.241. The molecule has 0 aromatic heterocycles. The average Bonchev–Trinajstić information content (AvgIpc) is 3.41. The largest absolute Gasteiger partial charge is 0.378 e. The van der Waals surface area contributed by atoms with Gasteiger partial charge in [0.1, 0.15) is 0 Å². The summed E-state index contributed by atoms with van der Waals surface area (Å²) in [6, 6.07) is 8.38. The molecule has 1 aromatic carbocycles. The number of carbonyl (C=O) groups excluding carboxylic acids is 1. The van der Waals surface area contributed by atoms with Gasteiger partial charge in [-0.05, 0) is 37.5 Å². The number of aliphatic imine (C=N–C) groups is 1. The Kier molecular flexibility index (Phi) is 9.62. The molecule has 1 aliphatic carbocycles. The Morgan fingerprint density at radius 2 is 1.76 bits per heavy atom. The molecule has 0 aliphatic heterocycles. The number of rotatable bonds is 8. The Hall–Kier alpha value is -1.51. The molecule has 1 saturated carbocycles. The summed E-state index contributed by atoms with van der Waals surface area (Å²) in [7, 11) is 4.06. The van der Waals surface area contributed by atoms with Crippen molar-refractivity contribution in [2.24, 2.45) is 10.9 Å². The van der Waals surface area contributed by atoms with Gasteiger partial charge in [-0.15, -0.1) is 24.0 Å². The number of guanidine groups is 1. The third-order valence-electron chi connectivity index (χ3n) is 3.88. The number of nitrogens with zero attached hydrogens (tertiary/aromatic N) is 2. The summed E-state index contributed by atoms with van der Waals surface area (Å²) in [5.74, 6) is 1.21. The van der Waals surface area contributed by atoms with E-state index in [0.29, 0.717) is 19.6 Å². The van der Waals surface area contributed by atoms with E-state index in [2.05, 4.69) is 50.1 Å². The minimum Gasteiger partial charge on any atom is -0.378 e. The molecule has 6 nitrogen and oxygen atoms in total. The molecule has 0 radical (unpaired) electrons. The SMILES string of the molecule is CCNC(=NCc1ccc(N(C)C)cc1)NCCNC(=O)C1CC1.I. The maximum atomic E-state index is 11.6. The zero-order valence-electron chi connectivity index (χ0n) is 15.3. The molecule has 0 spiro atoms. The van der Waals surface area contributed by atoms with Crippen LogP contribution in [0.25, 0.3) is 0 Å². The van der Waals surface area contributed by atoms with E-state index in [4.69, 9.17) is 0 Å². The molecule has 3 N–H and O–H groups in total. The normalized spacial score (nSPS) is 13.6. The van der Waals surface area contributed by atoms with Crippen LogP contribution in [0.5, 0.6) is 0 Å². The lowest BCUT2D eigenvalue weighted by Crippen LogP contribution is -2.41. The second-order valence-corrected chi connectivity index (χ2v) is 6.25. The van der Waals surface area contributed by atoms with Crippen molar-refractivity contribution in [3.63, 3.8) is 0 Å². The van der Waals surface area contributed by atoms with Gasteiger partial charge in [-0.1, -0.05) is 12.1 Å². The average molecular weight is 459 g/mol. The van der Waals surface area contributed by atoms with E-state index in [9.17, 15) is 4.79 Å². The van der Waals surface area contributed by atoms with Crippen LogP contribution in [0.3, 0.4) is 0 Å². The fourth-order valence-electron chi connectivity index (χ4n) is 2.27. The lowest BCUT2D eigenvalue weighted by molar-refractivity contribution is -0.122. The fraction of sp³-hybridized carbons (Fsp3) is 0.556. The number of carbonyl (C=O) groups is 1. The van der Waals surface area contributed by atoms with Crippen molar-refractivity contribution in [2.45, 2.75) is 26.3 Å². The van der Waals surface area contributed by atoms with Crippen molar-refractivity contribution in [2.75, 3.05) is 38.6 Å². The van der Waals surface area contributed by atoms with Crippen molar-refractivity contribution in [3.05, 3.63) is 29.8 Å². The molecule has 0 unspecified atom stereocenters. The second-order valence-electron chi connectivity index (χ2n) is 6.25. The second kappa shape index (κ2) is 11.2. The van der Waals surface area contributed by atoms with Crippen LogP contribution in [0.2, 0.25) is 0 Å². The molecule has 2 rings (SSSR count). The van der Waals surface area contributed by atoms with E-state index >= 15 is 0 Å². The van der Waals surface area contributed by atoms with E-state index < -0.39 is 0 Å². The van der Waals surface area contributed by atoms with Crippen molar-refractivity contribution >= 4 is 41.5 Å². The van der Waals surface area contributed by atoms with Gasteiger partial charge < -0.3 is 20.9 Å². The summed E-state index contributed by atoms with van der Waals surface area (Å²) in [5.41, 5.74) is 2.35. The molecule has 140 valence electrons. The predicted octanol–water partition coefficient (Wildman–Crippen LogP) is 1.95. The van der Waals surface area contributed by atoms with Crippen LogP contribution in [0, 0.1) is 5.92 Å². The van der Waals surface area contributed by atoms with Crippen molar-refractivity contribution in [3.8, 4) is 0 Å². The van der Waals surface area contributed by atoms with Crippen LogP contribution in [-0.4, -0.2) is 45.6 Å². The topological polar surface area (TPSA) is 68.8 Å². The zero-order chi connectivity index (χ0) is 17.4. The molecule has 0 bridgehead atoms. The van der Waals surface area contributed by atoms with Crippen LogP contribution in [-0.2, 0) is 11.3 Å². The van der Waals surface area contributed by atoms with E-state index in [1.165, 1.54) is 11.3 Å². The van der Waals surface area contributed by atoms with Crippen LogP contribution < -0.4 is 20.9 Å². The predicted molar refractivity (Wildman–Crippen MR) is 115 cm³/mol. The summed E-state index contributed by atoms with van der Waals surface area (Å²) < 4.78 is 0. The Morgan fingerprint density at radius 3 is 2.32 bits per heavy atom. The standard InChI is InChI=1S/C18H29N5O.HI/c1-4-19-18(21-12-11-20-17(24)15-7-8-15)22-13-14-5-9-16(10-6-14)23(2)3;/h5-6,9-10,15H,4,7-8,11-13H2,1-3H3,(H,20,24)(H2,19,21,22);1H. The van der Waals surface area contributed by atoms with Gasteiger partial charge >= 0.3 is 0 Å². The number of benzene rings is 1. The Bertz CT molecular complexity index is 555. The monoisotopic (exact) mass is 459 g/mol. The van der Waals surface area contributed by atoms with Gasteiger partial charge in [-0.25, -0.2) is 4.99 Å². The van der Waals surface area contributed by atoms with E-state index in [0.717, 1.165) is 25.3 Å². The summed E-state index contributed by atoms with van der Waals surface area (Å²) in [4.78, 5) is 18.2. The van der Waals surface area contributed by atoms with Gasteiger partial charge in [0.2, 0.25) is 5.91 Å². The number of hydrogen-bond acceptors (Lipinski definition) is 3. The number of halogens is 1. The van der Waals surface area contributed by atoms with Crippen molar-refractivity contribution < 1.29 is 4.79 Å². The summed E-state index contributed by atoms with van der Waals surface area (Å²) in [5, 5.41) is 9.42. The number of nitrogens with one attached hydrogen (secondary N) is 3. The molecule has 25 heavy (non-hydrogen) atoms. The minimum atomic E-state index is 0. The summed E-state index contributed by atoms with van der Waals surface area (Å²) in [6.45, 7) is 4.76. The summed E-state index contributed by atoms with van der Waals surface area (Å²) in [6.07, 6.45) is 2.08. The first-order valence-electron chi connectivity index (χ1n) is 8.66. The van der Waals surface area contributed by atoms with Gasteiger partial charge in [-0.3, -0.25) is 4.79 Å². The molecule has 7 heteroatoms. The van der Waals surface area contributed by atoms with E-state index in [-0.39, 0.29) is 35.8 Å². The number of anilines is 1. The smallest absolute Gasteiger partial charge is 0.223 e. The molecule has 0 saturated heterocycles. The van der Waals surface area contributed by atoms with E-state index in [1.807, 2.05) is 21.0 Å². The van der Waals surface area contributed by atoms with Crippen LogP contribution in [0.1, 0.15) is 25.3 Å². The molecular formula is C18H30IN5O. The van der Waals surface area contributed by atoms with Gasteiger partial charge in [-0.2, -0.15) is 0 Å². The first kappa shape index (κ1) is 21.5. The van der Waals surface area contributed by atoms with Gasteiger partial charge in [0.05, 0.1) is 6.54 Å². The van der Waals surface area contributed by atoms with E-state index in [1.54, 1.807) is 0 Å². The van der Waals surface area contributed by atoms with Crippen molar-refractivity contribution in [1.29, 1.82) is 0 Å². The van der Waals surface area contributed by atoms with Crippen LogP contribution in [0.4, 0.5) is 5.69 Å². The Balaban J connectivity index is 0.00000312. The van der Waals surface area contributed by atoms with Gasteiger partial charge in [0.15, 0.2) is 5.96 Å². The zero-order valence-corrected chi connectivity index (χ0v) is 17.7. The van der Waals surface area contributed by atoms with Crippen molar-refractivity contribution in [1.82, 2.24) is 16.0 Å². The minimum absolute atomic E-state index is 0. The molecular weight excluding hydrogens is 429 g/mol. The molecule has 0 heterocycles. The highest BCUT2D eigenvalue weighted by Gasteiger charge is 2.28. The maximum absolute atomic E-state index is 11.6.